The molecule has 5 heteroatoms. The number of carbonyl (C=O) groups excluding carboxylic acids is 2. The van der Waals surface area contributed by atoms with Crippen molar-refractivity contribution in [3.8, 4) is 0 Å². The summed E-state index contributed by atoms with van der Waals surface area (Å²) in [5.74, 6) is -0.148. The maximum atomic E-state index is 11.3. The van der Waals surface area contributed by atoms with Crippen LogP contribution in [0.2, 0.25) is 0 Å². The molecule has 1 atom stereocenters. The molecular formula is C13H19N3O2. The maximum absolute atomic E-state index is 11.3. The summed E-state index contributed by atoms with van der Waals surface area (Å²) in [6, 6.07) is 7.02. The van der Waals surface area contributed by atoms with Crippen LogP contribution in [-0.2, 0) is 11.3 Å². The van der Waals surface area contributed by atoms with E-state index in [2.05, 4.69) is 16.0 Å². The van der Waals surface area contributed by atoms with Crippen LogP contribution in [0.15, 0.2) is 24.3 Å². The Labute approximate surface area is 107 Å². The van der Waals surface area contributed by atoms with Gasteiger partial charge in [-0.15, -0.1) is 0 Å². The van der Waals surface area contributed by atoms with Crippen LogP contribution in [-0.4, -0.2) is 32.0 Å². The highest BCUT2D eigenvalue weighted by molar-refractivity contribution is 5.93. The van der Waals surface area contributed by atoms with E-state index in [1.165, 1.54) is 0 Å². The Balaban J connectivity index is 2.54. The SMILES string of the molecule is CNC(=O)c1ccc(CNC(C)C(=O)NC)cc1. The van der Waals surface area contributed by atoms with Crippen LogP contribution in [0.3, 0.4) is 0 Å². The van der Waals surface area contributed by atoms with Crippen molar-refractivity contribution >= 4 is 11.8 Å². The Bertz CT molecular complexity index is 415. The molecule has 1 rings (SSSR count). The number of amides is 2. The lowest BCUT2D eigenvalue weighted by Gasteiger charge is -2.12. The van der Waals surface area contributed by atoms with Gasteiger partial charge in [0.15, 0.2) is 0 Å². The first kappa shape index (κ1) is 14.2. The van der Waals surface area contributed by atoms with Gasteiger partial charge < -0.3 is 16.0 Å². The van der Waals surface area contributed by atoms with Gasteiger partial charge in [0.25, 0.3) is 5.91 Å². The highest BCUT2D eigenvalue weighted by Gasteiger charge is 2.09. The zero-order chi connectivity index (χ0) is 13.5. The highest BCUT2D eigenvalue weighted by Crippen LogP contribution is 2.04. The van der Waals surface area contributed by atoms with Gasteiger partial charge in [0.1, 0.15) is 0 Å². The number of hydrogen-bond donors (Lipinski definition) is 3. The van der Waals surface area contributed by atoms with E-state index in [9.17, 15) is 9.59 Å². The second kappa shape index (κ2) is 6.76. The van der Waals surface area contributed by atoms with E-state index >= 15 is 0 Å². The topological polar surface area (TPSA) is 70.2 Å². The molecule has 0 aliphatic rings. The van der Waals surface area contributed by atoms with Gasteiger partial charge in [0.05, 0.1) is 6.04 Å². The summed E-state index contributed by atoms with van der Waals surface area (Å²) in [7, 11) is 3.21. The number of likely N-dealkylation sites (N-methyl/N-ethyl adjacent to an activating group) is 1. The third kappa shape index (κ3) is 3.85. The molecule has 18 heavy (non-hydrogen) atoms. The minimum Gasteiger partial charge on any atom is -0.358 e. The van der Waals surface area contributed by atoms with E-state index in [1.807, 2.05) is 12.1 Å². The second-order valence-electron chi connectivity index (χ2n) is 3.99. The summed E-state index contributed by atoms with van der Waals surface area (Å²) in [5.41, 5.74) is 1.65. The quantitative estimate of drug-likeness (QED) is 0.701. The van der Waals surface area contributed by atoms with E-state index < -0.39 is 0 Å². The lowest BCUT2D eigenvalue weighted by molar-refractivity contribution is -0.122. The molecule has 1 aromatic carbocycles. The van der Waals surface area contributed by atoms with Crippen molar-refractivity contribution < 1.29 is 9.59 Å². The summed E-state index contributed by atoms with van der Waals surface area (Å²) in [6.07, 6.45) is 0. The van der Waals surface area contributed by atoms with Gasteiger partial charge in [-0.1, -0.05) is 12.1 Å². The largest absolute Gasteiger partial charge is 0.358 e. The molecule has 0 aliphatic heterocycles. The van der Waals surface area contributed by atoms with E-state index in [4.69, 9.17) is 0 Å². The fourth-order valence-corrected chi connectivity index (χ4v) is 1.50. The predicted molar refractivity (Wildman–Crippen MR) is 70.2 cm³/mol. The van der Waals surface area contributed by atoms with Crippen molar-refractivity contribution in [2.75, 3.05) is 14.1 Å². The van der Waals surface area contributed by atoms with Crippen molar-refractivity contribution in [1.29, 1.82) is 0 Å². The minimum atomic E-state index is -0.242. The monoisotopic (exact) mass is 249 g/mol. The standard InChI is InChI=1S/C13H19N3O2/c1-9(12(17)14-2)16-8-10-4-6-11(7-5-10)13(18)15-3/h4-7,9,16H,8H2,1-3H3,(H,14,17)(H,15,18). The number of nitrogens with one attached hydrogen (secondary N) is 3. The van der Waals surface area contributed by atoms with Gasteiger partial charge in [-0.2, -0.15) is 0 Å². The summed E-state index contributed by atoms with van der Waals surface area (Å²) in [4.78, 5) is 22.6. The smallest absolute Gasteiger partial charge is 0.251 e. The van der Waals surface area contributed by atoms with Crippen LogP contribution in [0, 0.1) is 0 Å². The molecule has 0 saturated carbocycles. The molecule has 1 unspecified atom stereocenters. The summed E-state index contributed by atoms with van der Waals surface area (Å²) in [6.45, 7) is 2.39. The minimum absolute atomic E-state index is 0.0445. The Kier molecular flexibility index (Phi) is 5.32. The maximum Gasteiger partial charge on any atom is 0.251 e. The summed E-state index contributed by atoms with van der Waals surface area (Å²) < 4.78 is 0. The van der Waals surface area contributed by atoms with E-state index in [0.717, 1.165) is 5.56 Å². The average molecular weight is 249 g/mol. The molecule has 3 N–H and O–H groups in total. The van der Waals surface area contributed by atoms with E-state index in [0.29, 0.717) is 12.1 Å². The lowest BCUT2D eigenvalue weighted by Crippen LogP contribution is -2.40. The molecule has 2 amide bonds. The molecule has 98 valence electrons. The van der Waals surface area contributed by atoms with Crippen molar-refractivity contribution in [3.63, 3.8) is 0 Å². The third-order valence-corrected chi connectivity index (χ3v) is 2.70. The second-order valence-corrected chi connectivity index (χ2v) is 3.99. The van der Waals surface area contributed by atoms with Gasteiger partial charge in [0.2, 0.25) is 5.91 Å². The number of hydrogen-bond acceptors (Lipinski definition) is 3. The molecular weight excluding hydrogens is 230 g/mol. The first-order valence-corrected chi connectivity index (χ1v) is 5.84. The molecule has 1 aromatic rings. The predicted octanol–water partition coefficient (Wildman–Crippen LogP) is 0.270. The summed E-state index contributed by atoms with van der Waals surface area (Å²) in [5, 5.41) is 8.24. The van der Waals surface area contributed by atoms with Gasteiger partial charge in [-0.05, 0) is 24.6 Å². The molecule has 0 spiro atoms. The number of benzene rings is 1. The van der Waals surface area contributed by atoms with Crippen LogP contribution < -0.4 is 16.0 Å². The lowest BCUT2D eigenvalue weighted by atomic mass is 10.1. The molecule has 0 bridgehead atoms. The Hall–Kier alpha value is -1.88. The molecule has 0 fully saturated rings. The van der Waals surface area contributed by atoms with Crippen LogP contribution in [0.1, 0.15) is 22.8 Å². The van der Waals surface area contributed by atoms with Crippen LogP contribution in [0.4, 0.5) is 0 Å². The number of carbonyl (C=O) groups is 2. The molecule has 0 aliphatic carbocycles. The van der Waals surface area contributed by atoms with Gasteiger partial charge >= 0.3 is 0 Å². The van der Waals surface area contributed by atoms with Crippen molar-refractivity contribution in [2.45, 2.75) is 19.5 Å². The highest BCUT2D eigenvalue weighted by atomic mass is 16.2. The van der Waals surface area contributed by atoms with Gasteiger partial charge in [-0.3, -0.25) is 9.59 Å². The molecule has 0 heterocycles. The molecule has 0 saturated heterocycles. The Morgan fingerprint density at radius 1 is 1.11 bits per heavy atom. The van der Waals surface area contributed by atoms with Crippen LogP contribution >= 0.6 is 0 Å². The van der Waals surface area contributed by atoms with Crippen molar-refractivity contribution in [3.05, 3.63) is 35.4 Å². The average Bonchev–Trinajstić information content (AvgIpc) is 2.43. The fourth-order valence-electron chi connectivity index (χ4n) is 1.50. The first-order valence-electron chi connectivity index (χ1n) is 5.84. The molecule has 5 nitrogen and oxygen atoms in total. The summed E-state index contributed by atoms with van der Waals surface area (Å²) >= 11 is 0. The van der Waals surface area contributed by atoms with Crippen LogP contribution in [0.5, 0.6) is 0 Å². The molecule has 0 radical (unpaired) electrons. The van der Waals surface area contributed by atoms with E-state index in [-0.39, 0.29) is 17.9 Å². The van der Waals surface area contributed by atoms with Gasteiger partial charge in [0, 0.05) is 26.2 Å². The van der Waals surface area contributed by atoms with Crippen molar-refractivity contribution in [1.82, 2.24) is 16.0 Å². The van der Waals surface area contributed by atoms with Gasteiger partial charge in [-0.25, -0.2) is 0 Å². The Morgan fingerprint density at radius 2 is 1.72 bits per heavy atom. The zero-order valence-electron chi connectivity index (χ0n) is 10.9. The normalized spacial score (nSPS) is 11.7. The zero-order valence-corrected chi connectivity index (χ0v) is 10.9. The third-order valence-electron chi connectivity index (χ3n) is 2.70. The van der Waals surface area contributed by atoms with E-state index in [1.54, 1.807) is 33.2 Å². The fraction of sp³-hybridized carbons (Fsp3) is 0.385. The first-order chi connectivity index (χ1) is 8.58. The van der Waals surface area contributed by atoms with Crippen LogP contribution in [0.25, 0.3) is 0 Å². The Morgan fingerprint density at radius 3 is 2.22 bits per heavy atom. The number of rotatable bonds is 5. The molecule has 0 aromatic heterocycles. The van der Waals surface area contributed by atoms with Crippen molar-refractivity contribution in [2.24, 2.45) is 0 Å².